The van der Waals surface area contributed by atoms with Crippen molar-refractivity contribution in [2.75, 3.05) is 0 Å². The third-order valence-electron chi connectivity index (χ3n) is 2.71. The summed E-state index contributed by atoms with van der Waals surface area (Å²) >= 11 is 6.07. The van der Waals surface area contributed by atoms with Crippen molar-refractivity contribution < 1.29 is 19.7 Å². The lowest BCUT2D eigenvalue weighted by Crippen LogP contribution is -1.91. The van der Waals surface area contributed by atoms with Gasteiger partial charge in [0.1, 0.15) is 11.5 Å². The largest absolute Gasteiger partial charge is 0.478 e. The van der Waals surface area contributed by atoms with E-state index in [4.69, 9.17) is 26.6 Å². The molecular formula is C16H13ClO4. The fourth-order valence-electron chi connectivity index (χ4n) is 1.76. The Morgan fingerprint density at radius 1 is 1.24 bits per heavy atom. The van der Waals surface area contributed by atoms with Gasteiger partial charge in [0.05, 0.1) is 11.6 Å². The quantitative estimate of drug-likeness (QED) is 0.826. The van der Waals surface area contributed by atoms with Crippen LogP contribution in [0.25, 0.3) is 6.08 Å². The minimum absolute atomic E-state index is 0.0848. The standard InChI is InChI=1S/C16H13ClO4/c17-14-5-2-6-15(13(14)7-8-16(19)20)21-12-4-1-3-11(9-12)10-18/h1-9,18H,10H2,(H,19,20). The number of carboxylic acids is 1. The Hall–Kier alpha value is -2.30. The Balaban J connectivity index is 2.35. The molecule has 2 aromatic rings. The molecule has 2 rings (SSSR count). The van der Waals surface area contributed by atoms with Crippen molar-refractivity contribution >= 4 is 23.6 Å². The Morgan fingerprint density at radius 3 is 2.71 bits per heavy atom. The van der Waals surface area contributed by atoms with Gasteiger partial charge in [0.2, 0.25) is 0 Å². The zero-order valence-electron chi connectivity index (χ0n) is 11.0. The Morgan fingerprint density at radius 2 is 2.00 bits per heavy atom. The number of rotatable bonds is 5. The summed E-state index contributed by atoms with van der Waals surface area (Å²) in [7, 11) is 0. The normalized spacial score (nSPS) is 10.8. The summed E-state index contributed by atoms with van der Waals surface area (Å²) in [5.74, 6) is -0.0907. The maximum Gasteiger partial charge on any atom is 0.328 e. The molecule has 2 N–H and O–H groups in total. The van der Waals surface area contributed by atoms with Crippen LogP contribution in [0.4, 0.5) is 0 Å². The number of hydrogen-bond donors (Lipinski definition) is 2. The molecule has 108 valence electrons. The number of aliphatic carboxylic acids is 1. The fraction of sp³-hybridized carbons (Fsp3) is 0.0625. The zero-order chi connectivity index (χ0) is 15.2. The van der Waals surface area contributed by atoms with E-state index in [2.05, 4.69) is 0 Å². The second-order valence-corrected chi connectivity index (χ2v) is 4.64. The van der Waals surface area contributed by atoms with E-state index in [1.807, 2.05) is 0 Å². The molecule has 0 saturated heterocycles. The molecule has 0 unspecified atom stereocenters. The number of hydrogen-bond acceptors (Lipinski definition) is 3. The maximum absolute atomic E-state index is 10.6. The smallest absolute Gasteiger partial charge is 0.328 e. The number of benzene rings is 2. The molecule has 5 heteroatoms. The summed E-state index contributed by atoms with van der Waals surface area (Å²) in [4.78, 5) is 10.6. The second-order valence-electron chi connectivity index (χ2n) is 4.23. The molecule has 21 heavy (non-hydrogen) atoms. The fourth-order valence-corrected chi connectivity index (χ4v) is 1.99. The highest BCUT2D eigenvalue weighted by Gasteiger charge is 2.07. The summed E-state index contributed by atoms with van der Waals surface area (Å²) in [5, 5.41) is 18.2. The summed E-state index contributed by atoms with van der Waals surface area (Å²) in [6.07, 6.45) is 2.38. The van der Waals surface area contributed by atoms with E-state index < -0.39 is 5.97 Å². The van der Waals surface area contributed by atoms with Crippen molar-refractivity contribution in [2.45, 2.75) is 6.61 Å². The minimum Gasteiger partial charge on any atom is -0.478 e. The number of aliphatic hydroxyl groups is 1. The van der Waals surface area contributed by atoms with E-state index in [0.29, 0.717) is 22.1 Å². The summed E-state index contributed by atoms with van der Waals surface area (Å²) in [5.41, 5.74) is 1.20. The van der Waals surface area contributed by atoms with E-state index in [9.17, 15) is 4.79 Å². The summed E-state index contributed by atoms with van der Waals surface area (Å²) < 4.78 is 5.73. The maximum atomic E-state index is 10.6. The lowest BCUT2D eigenvalue weighted by atomic mass is 10.1. The van der Waals surface area contributed by atoms with Gasteiger partial charge >= 0.3 is 5.97 Å². The molecule has 0 aliphatic rings. The first-order valence-corrected chi connectivity index (χ1v) is 6.55. The van der Waals surface area contributed by atoms with Crippen molar-refractivity contribution in [3.63, 3.8) is 0 Å². The Kier molecular flexibility index (Phi) is 4.98. The van der Waals surface area contributed by atoms with Gasteiger partial charge in [-0.05, 0) is 35.9 Å². The number of ether oxygens (including phenoxy) is 1. The average Bonchev–Trinajstić information content (AvgIpc) is 2.46. The predicted octanol–water partition coefficient (Wildman–Crippen LogP) is 3.72. The molecule has 0 amide bonds. The first-order valence-electron chi connectivity index (χ1n) is 6.17. The van der Waals surface area contributed by atoms with Crippen LogP contribution in [0, 0.1) is 0 Å². The van der Waals surface area contributed by atoms with Crippen LogP contribution in [0.2, 0.25) is 5.02 Å². The highest BCUT2D eigenvalue weighted by Crippen LogP contribution is 2.31. The van der Waals surface area contributed by atoms with Gasteiger partial charge in [0.15, 0.2) is 0 Å². The van der Waals surface area contributed by atoms with E-state index in [1.54, 1.807) is 42.5 Å². The van der Waals surface area contributed by atoms with Crippen LogP contribution in [0.3, 0.4) is 0 Å². The van der Waals surface area contributed by atoms with Gasteiger partial charge in [-0.15, -0.1) is 0 Å². The predicted molar refractivity (Wildman–Crippen MR) is 80.6 cm³/mol. The molecule has 0 aliphatic carbocycles. The van der Waals surface area contributed by atoms with Crippen LogP contribution in [0.5, 0.6) is 11.5 Å². The van der Waals surface area contributed by atoms with E-state index in [0.717, 1.165) is 11.6 Å². The molecule has 0 aliphatic heterocycles. The van der Waals surface area contributed by atoms with Crippen LogP contribution < -0.4 is 4.74 Å². The molecule has 0 saturated carbocycles. The SMILES string of the molecule is O=C(O)C=Cc1c(Cl)cccc1Oc1cccc(CO)c1. The average molecular weight is 305 g/mol. The molecule has 0 fully saturated rings. The van der Waals surface area contributed by atoms with Gasteiger partial charge in [0, 0.05) is 11.6 Å². The van der Waals surface area contributed by atoms with Crippen LogP contribution in [-0.4, -0.2) is 16.2 Å². The third kappa shape index (κ3) is 4.08. The van der Waals surface area contributed by atoms with Gasteiger partial charge in [0.25, 0.3) is 0 Å². The van der Waals surface area contributed by atoms with E-state index in [1.165, 1.54) is 6.08 Å². The first kappa shape index (κ1) is 15.1. The number of carbonyl (C=O) groups is 1. The Labute approximate surface area is 126 Å². The van der Waals surface area contributed by atoms with Crippen molar-refractivity contribution in [3.8, 4) is 11.5 Å². The first-order chi connectivity index (χ1) is 10.1. The molecule has 0 spiro atoms. The van der Waals surface area contributed by atoms with Crippen molar-refractivity contribution in [1.29, 1.82) is 0 Å². The lowest BCUT2D eigenvalue weighted by molar-refractivity contribution is -0.131. The van der Waals surface area contributed by atoms with Crippen molar-refractivity contribution in [3.05, 3.63) is 64.7 Å². The minimum atomic E-state index is -1.07. The highest BCUT2D eigenvalue weighted by molar-refractivity contribution is 6.32. The molecule has 0 aromatic heterocycles. The van der Waals surface area contributed by atoms with Gasteiger partial charge < -0.3 is 14.9 Å². The summed E-state index contributed by atoms with van der Waals surface area (Å²) in [6.45, 7) is -0.0848. The second kappa shape index (κ2) is 6.92. The molecule has 0 bridgehead atoms. The van der Waals surface area contributed by atoms with Gasteiger partial charge in [-0.25, -0.2) is 4.79 Å². The number of carboxylic acid groups (broad SMARTS) is 1. The van der Waals surface area contributed by atoms with Crippen LogP contribution >= 0.6 is 11.6 Å². The highest BCUT2D eigenvalue weighted by atomic mass is 35.5. The van der Waals surface area contributed by atoms with Gasteiger partial charge in [-0.2, -0.15) is 0 Å². The molecule has 0 heterocycles. The molecular weight excluding hydrogens is 292 g/mol. The third-order valence-corrected chi connectivity index (χ3v) is 3.04. The van der Waals surface area contributed by atoms with Crippen molar-refractivity contribution in [1.82, 2.24) is 0 Å². The molecule has 2 aromatic carbocycles. The monoisotopic (exact) mass is 304 g/mol. The van der Waals surface area contributed by atoms with Crippen molar-refractivity contribution in [2.24, 2.45) is 0 Å². The topological polar surface area (TPSA) is 66.8 Å². The molecule has 0 atom stereocenters. The molecule has 0 radical (unpaired) electrons. The van der Waals surface area contributed by atoms with Crippen LogP contribution in [-0.2, 0) is 11.4 Å². The summed E-state index contributed by atoms with van der Waals surface area (Å²) in [6, 6.07) is 12.0. The molecule has 4 nitrogen and oxygen atoms in total. The number of halogens is 1. The zero-order valence-corrected chi connectivity index (χ0v) is 11.7. The van der Waals surface area contributed by atoms with E-state index in [-0.39, 0.29) is 6.61 Å². The van der Waals surface area contributed by atoms with E-state index >= 15 is 0 Å². The van der Waals surface area contributed by atoms with Gasteiger partial charge in [-0.3, -0.25) is 0 Å². The number of aliphatic hydroxyl groups excluding tert-OH is 1. The Bertz CT molecular complexity index is 680. The van der Waals surface area contributed by atoms with Gasteiger partial charge in [-0.1, -0.05) is 29.8 Å². The van der Waals surface area contributed by atoms with Crippen LogP contribution in [0.15, 0.2) is 48.5 Å². The van der Waals surface area contributed by atoms with Crippen LogP contribution in [0.1, 0.15) is 11.1 Å². The lowest BCUT2D eigenvalue weighted by Gasteiger charge is -2.10.